The molecule has 0 aliphatic carbocycles. The van der Waals surface area contributed by atoms with Gasteiger partial charge in [0.25, 0.3) is 0 Å². The summed E-state index contributed by atoms with van der Waals surface area (Å²) < 4.78 is 7.62. The average molecular weight is 225 g/mol. The number of aliphatic hydroxyl groups excluding tert-OH is 1. The van der Waals surface area contributed by atoms with E-state index in [4.69, 9.17) is 4.74 Å². The molecule has 0 bridgehead atoms. The maximum absolute atomic E-state index is 9.27. The smallest absolute Gasteiger partial charge is 0.162 e. The van der Waals surface area contributed by atoms with Gasteiger partial charge >= 0.3 is 0 Å². The largest absolute Gasteiger partial charge is 0.388 e. The van der Waals surface area contributed by atoms with Crippen molar-refractivity contribution in [1.82, 2.24) is 14.8 Å². The first kappa shape index (κ1) is 11.5. The summed E-state index contributed by atoms with van der Waals surface area (Å²) in [5.74, 6) is 1.45. The zero-order valence-corrected chi connectivity index (χ0v) is 10.1. The quantitative estimate of drug-likeness (QED) is 0.826. The van der Waals surface area contributed by atoms with Crippen LogP contribution in [0.15, 0.2) is 0 Å². The van der Waals surface area contributed by atoms with Gasteiger partial charge in [-0.1, -0.05) is 0 Å². The van der Waals surface area contributed by atoms with Gasteiger partial charge in [-0.15, -0.1) is 10.2 Å². The number of nitrogens with zero attached hydrogens (tertiary/aromatic N) is 3. The molecule has 5 heteroatoms. The summed E-state index contributed by atoms with van der Waals surface area (Å²) in [4.78, 5) is 0. The van der Waals surface area contributed by atoms with Gasteiger partial charge in [0, 0.05) is 12.1 Å². The second-order valence-electron chi connectivity index (χ2n) is 5.14. The highest BCUT2D eigenvalue weighted by Gasteiger charge is 2.29. The van der Waals surface area contributed by atoms with Gasteiger partial charge in [-0.3, -0.25) is 0 Å². The van der Waals surface area contributed by atoms with Crippen molar-refractivity contribution < 1.29 is 9.84 Å². The van der Waals surface area contributed by atoms with Crippen LogP contribution in [0.25, 0.3) is 0 Å². The number of aromatic nitrogens is 3. The Morgan fingerprint density at radius 1 is 1.44 bits per heavy atom. The summed E-state index contributed by atoms with van der Waals surface area (Å²) >= 11 is 0. The lowest BCUT2D eigenvalue weighted by molar-refractivity contribution is 0.0966. The van der Waals surface area contributed by atoms with E-state index in [-0.39, 0.29) is 18.2 Å². The van der Waals surface area contributed by atoms with Crippen LogP contribution in [-0.2, 0) is 16.9 Å². The summed E-state index contributed by atoms with van der Waals surface area (Å²) in [6.45, 7) is 6.93. The van der Waals surface area contributed by atoms with E-state index < -0.39 is 0 Å². The normalized spacial score (nSPS) is 21.6. The predicted molar refractivity (Wildman–Crippen MR) is 58.9 cm³/mol. The second-order valence-corrected chi connectivity index (χ2v) is 5.14. The Hall–Kier alpha value is -0.940. The molecule has 0 saturated carbocycles. The summed E-state index contributed by atoms with van der Waals surface area (Å²) in [5.41, 5.74) is -0.136. The van der Waals surface area contributed by atoms with E-state index in [1.165, 1.54) is 0 Å². The van der Waals surface area contributed by atoms with Crippen LogP contribution in [0.3, 0.4) is 0 Å². The molecule has 1 atom stereocenters. The van der Waals surface area contributed by atoms with Crippen LogP contribution in [0, 0.1) is 0 Å². The third kappa shape index (κ3) is 1.97. The molecule has 5 nitrogen and oxygen atoms in total. The van der Waals surface area contributed by atoms with Crippen molar-refractivity contribution in [3.8, 4) is 0 Å². The third-order valence-corrected chi connectivity index (χ3v) is 2.79. The van der Waals surface area contributed by atoms with Crippen LogP contribution in [-0.4, -0.2) is 26.5 Å². The third-order valence-electron chi connectivity index (χ3n) is 2.79. The maximum Gasteiger partial charge on any atom is 0.162 e. The Bertz CT molecular complexity index is 362. The van der Waals surface area contributed by atoms with Gasteiger partial charge in [-0.25, -0.2) is 0 Å². The van der Waals surface area contributed by atoms with Gasteiger partial charge in [-0.05, 0) is 33.6 Å². The second kappa shape index (κ2) is 4.14. The summed E-state index contributed by atoms with van der Waals surface area (Å²) in [6.07, 6.45) is 2.09. The van der Waals surface area contributed by atoms with Crippen molar-refractivity contribution in [2.75, 3.05) is 6.61 Å². The molecule has 0 amide bonds. The van der Waals surface area contributed by atoms with Crippen molar-refractivity contribution in [3.63, 3.8) is 0 Å². The molecular formula is C11H19N3O2. The Morgan fingerprint density at radius 3 is 2.69 bits per heavy atom. The zero-order valence-electron chi connectivity index (χ0n) is 10.1. The number of hydrogen-bond donors (Lipinski definition) is 1. The molecule has 1 aromatic rings. The van der Waals surface area contributed by atoms with E-state index >= 15 is 0 Å². The Morgan fingerprint density at radius 2 is 2.19 bits per heavy atom. The molecule has 16 heavy (non-hydrogen) atoms. The highest BCUT2D eigenvalue weighted by molar-refractivity contribution is 5.04. The van der Waals surface area contributed by atoms with Crippen molar-refractivity contribution in [1.29, 1.82) is 0 Å². The molecule has 1 aliphatic rings. The van der Waals surface area contributed by atoms with Gasteiger partial charge < -0.3 is 14.4 Å². The number of aliphatic hydroxyl groups is 1. The van der Waals surface area contributed by atoms with Gasteiger partial charge in [-0.2, -0.15) is 0 Å². The van der Waals surface area contributed by atoms with Crippen LogP contribution in [0.5, 0.6) is 0 Å². The summed E-state index contributed by atoms with van der Waals surface area (Å²) in [7, 11) is 0. The van der Waals surface area contributed by atoms with E-state index in [1.54, 1.807) is 0 Å². The predicted octanol–water partition coefficient (Wildman–Crippen LogP) is 1.38. The van der Waals surface area contributed by atoms with Crippen molar-refractivity contribution >= 4 is 0 Å². The molecule has 1 unspecified atom stereocenters. The van der Waals surface area contributed by atoms with Gasteiger partial charge in [0.1, 0.15) is 12.7 Å². The monoisotopic (exact) mass is 225 g/mol. The molecule has 2 rings (SSSR count). The topological polar surface area (TPSA) is 60.2 Å². The van der Waals surface area contributed by atoms with Crippen molar-refractivity contribution in [2.24, 2.45) is 0 Å². The fourth-order valence-corrected chi connectivity index (χ4v) is 2.15. The lowest BCUT2D eigenvalue weighted by Gasteiger charge is -2.26. The van der Waals surface area contributed by atoms with Gasteiger partial charge in [0.2, 0.25) is 0 Å². The molecular weight excluding hydrogens is 206 g/mol. The van der Waals surface area contributed by atoms with E-state index in [0.29, 0.717) is 5.82 Å². The lowest BCUT2D eigenvalue weighted by atomic mass is 10.1. The maximum atomic E-state index is 9.27. The van der Waals surface area contributed by atoms with Crippen molar-refractivity contribution in [3.05, 3.63) is 11.6 Å². The Labute approximate surface area is 95.4 Å². The van der Waals surface area contributed by atoms with Crippen molar-refractivity contribution in [2.45, 2.75) is 51.9 Å². The molecule has 0 radical (unpaired) electrons. The van der Waals surface area contributed by atoms with E-state index in [1.807, 2.05) is 4.57 Å². The van der Waals surface area contributed by atoms with Crippen LogP contribution in [0.4, 0.5) is 0 Å². The molecule has 1 aromatic heterocycles. The zero-order chi connectivity index (χ0) is 11.8. The van der Waals surface area contributed by atoms with Crippen LogP contribution >= 0.6 is 0 Å². The minimum atomic E-state index is -0.136. The Kier molecular flexibility index (Phi) is 2.99. The molecule has 1 saturated heterocycles. The Balaban J connectivity index is 2.41. The average Bonchev–Trinajstić information content (AvgIpc) is 2.84. The number of ether oxygens (including phenoxy) is 1. The van der Waals surface area contributed by atoms with Crippen LogP contribution < -0.4 is 0 Å². The van der Waals surface area contributed by atoms with E-state index in [0.717, 1.165) is 25.3 Å². The fourth-order valence-electron chi connectivity index (χ4n) is 2.15. The minimum Gasteiger partial charge on any atom is -0.388 e. The van der Waals surface area contributed by atoms with E-state index in [2.05, 4.69) is 31.0 Å². The molecule has 90 valence electrons. The molecule has 2 heterocycles. The standard InChI is InChI=1S/C11H19N3O2/c1-11(2,3)14-9(7-15)12-13-10(14)8-5-4-6-16-8/h8,15H,4-7H2,1-3H3. The molecule has 1 N–H and O–H groups in total. The molecule has 0 aromatic carbocycles. The van der Waals surface area contributed by atoms with Crippen LogP contribution in [0.1, 0.15) is 51.4 Å². The molecule has 1 aliphatic heterocycles. The number of hydrogen-bond acceptors (Lipinski definition) is 4. The van der Waals surface area contributed by atoms with Gasteiger partial charge in [0.05, 0.1) is 0 Å². The van der Waals surface area contributed by atoms with E-state index in [9.17, 15) is 5.11 Å². The first-order valence-corrected chi connectivity index (χ1v) is 5.71. The minimum absolute atomic E-state index is 0.0343. The summed E-state index contributed by atoms with van der Waals surface area (Å²) in [5, 5.41) is 17.5. The SMILES string of the molecule is CC(C)(C)n1c(CO)nnc1C1CCCO1. The molecule has 1 fully saturated rings. The molecule has 0 spiro atoms. The highest BCUT2D eigenvalue weighted by Crippen LogP contribution is 2.30. The fraction of sp³-hybridized carbons (Fsp3) is 0.818. The highest BCUT2D eigenvalue weighted by atomic mass is 16.5. The first-order valence-electron chi connectivity index (χ1n) is 5.71. The lowest BCUT2D eigenvalue weighted by Crippen LogP contribution is -2.27. The van der Waals surface area contributed by atoms with Gasteiger partial charge in [0.15, 0.2) is 11.6 Å². The number of rotatable bonds is 2. The first-order chi connectivity index (χ1) is 7.54. The summed E-state index contributed by atoms with van der Waals surface area (Å²) in [6, 6.07) is 0. The van der Waals surface area contributed by atoms with Crippen LogP contribution in [0.2, 0.25) is 0 Å².